The Balaban J connectivity index is 1.71. The number of hydrogen-bond acceptors (Lipinski definition) is 7. The highest BCUT2D eigenvalue weighted by molar-refractivity contribution is 7.90. The van der Waals surface area contributed by atoms with Crippen LogP contribution >= 0.6 is 0 Å². The Bertz CT molecular complexity index is 1400. The van der Waals surface area contributed by atoms with Crippen molar-refractivity contribution in [2.24, 2.45) is 0 Å². The van der Waals surface area contributed by atoms with E-state index in [0.717, 1.165) is 33.6 Å². The average Bonchev–Trinajstić information content (AvgIpc) is 2.85. The van der Waals surface area contributed by atoms with Crippen molar-refractivity contribution in [1.29, 1.82) is 0 Å². The molecule has 0 saturated carbocycles. The normalized spacial score (nSPS) is 11.6. The maximum absolute atomic E-state index is 11.4. The highest BCUT2D eigenvalue weighted by atomic mass is 32.2. The average molecular weight is 557 g/mol. The van der Waals surface area contributed by atoms with E-state index in [9.17, 15) is 18.3 Å². The summed E-state index contributed by atoms with van der Waals surface area (Å²) in [6, 6.07) is 17.0. The van der Waals surface area contributed by atoms with E-state index >= 15 is 0 Å². The van der Waals surface area contributed by atoms with E-state index in [4.69, 9.17) is 18.9 Å². The number of benzene rings is 3. The van der Waals surface area contributed by atoms with Crippen LogP contribution in [0, 0.1) is 13.8 Å². The minimum atomic E-state index is -3.00. The molecule has 0 aliphatic rings. The number of hydrogen-bond donors (Lipinski definition) is 1. The first-order chi connectivity index (χ1) is 18.3. The number of carboxylic acid groups (broad SMARTS) is 1. The summed E-state index contributed by atoms with van der Waals surface area (Å²) in [4.78, 5) is 11.4. The van der Waals surface area contributed by atoms with Gasteiger partial charge in [-0.1, -0.05) is 18.2 Å². The van der Waals surface area contributed by atoms with Gasteiger partial charge in [0.25, 0.3) is 0 Å². The maximum atomic E-state index is 11.4. The fourth-order valence-electron chi connectivity index (χ4n) is 4.10. The van der Waals surface area contributed by atoms with E-state index in [1.807, 2.05) is 44.2 Å². The van der Waals surface area contributed by atoms with E-state index in [0.29, 0.717) is 36.9 Å². The zero-order valence-electron chi connectivity index (χ0n) is 23.2. The molecule has 3 aromatic rings. The maximum Gasteiger partial charge on any atom is 0.347 e. The highest BCUT2D eigenvalue weighted by Gasteiger charge is 2.30. The number of aryl methyl sites for hydroxylation is 2. The third-order valence-corrected chi connectivity index (χ3v) is 7.10. The van der Waals surface area contributed by atoms with Crippen molar-refractivity contribution in [1.82, 2.24) is 0 Å². The first-order valence-corrected chi connectivity index (χ1v) is 14.6. The molecule has 0 bridgehead atoms. The molecule has 0 unspecified atom stereocenters. The molecular weight excluding hydrogens is 520 g/mol. The fourth-order valence-corrected chi connectivity index (χ4v) is 4.74. The molecule has 0 atom stereocenters. The zero-order chi connectivity index (χ0) is 28.8. The summed E-state index contributed by atoms with van der Waals surface area (Å²) >= 11 is 0. The second-order valence-electron chi connectivity index (χ2n) is 9.98. The highest BCUT2D eigenvalue weighted by Crippen LogP contribution is 2.35. The van der Waals surface area contributed by atoms with E-state index < -0.39 is 21.4 Å². The van der Waals surface area contributed by atoms with Crippen LogP contribution in [0.4, 0.5) is 0 Å². The molecule has 0 radical (unpaired) electrons. The van der Waals surface area contributed by atoms with Crippen LogP contribution in [0.3, 0.4) is 0 Å². The Hall–Kier alpha value is -3.72. The molecule has 9 heteroatoms. The molecule has 0 aliphatic heterocycles. The number of sulfone groups is 1. The predicted molar refractivity (Wildman–Crippen MR) is 151 cm³/mol. The van der Waals surface area contributed by atoms with Gasteiger partial charge in [0.2, 0.25) is 0 Å². The molecule has 8 nitrogen and oxygen atoms in total. The van der Waals surface area contributed by atoms with E-state index in [1.54, 1.807) is 18.2 Å². The quantitative estimate of drug-likeness (QED) is 0.271. The number of aliphatic carboxylic acids is 1. The second kappa shape index (κ2) is 12.4. The van der Waals surface area contributed by atoms with Crippen molar-refractivity contribution in [3.05, 3.63) is 71.3 Å². The molecule has 210 valence electrons. The third-order valence-electron chi connectivity index (χ3n) is 6.07. The lowest BCUT2D eigenvalue weighted by Gasteiger charge is -2.23. The molecule has 39 heavy (non-hydrogen) atoms. The van der Waals surface area contributed by atoms with Crippen molar-refractivity contribution in [2.45, 2.75) is 46.3 Å². The molecule has 0 fully saturated rings. The van der Waals surface area contributed by atoms with Gasteiger partial charge in [0.1, 0.15) is 27.9 Å². The molecule has 3 aromatic carbocycles. The number of carbonyl (C=O) groups is 1. The Morgan fingerprint density at radius 1 is 0.923 bits per heavy atom. The zero-order valence-corrected chi connectivity index (χ0v) is 24.1. The molecule has 0 aromatic heterocycles. The summed E-state index contributed by atoms with van der Waals surface area (Å²) < 4.78 is 45.5. The summed E-state index contributed by atoms with van der Waals surface area (Å²) in [5.74, 6) is 0.985. The van der Waals surface area contributed by atoms with Crippen molar-refractivity contribution in [3.63, 3.8) is 0 Å². The predicted octanol–water partition coefficient (Wildman–Crippen LogP) is 5.61. The molecule has 0 saturated heterocycles. The Morgan fingerprint density at radius 3 is 2.23 bits per heavy atom. The van der Waals surface area contributed by atoms with Crippen LogP contribution in [-0.4, -0.2) is 50.8 Å². The van der Waals surface area contributed by atoms with E-state index in [1.165, 1.54) is 27.2 Å². The standard InChI is InChI=1S/C30H36O8S/c1-20-15-25(36-13-8-14-39(6,33)34)16-21(2)28(20)23-10-7-9-22(17-23)19-37-24-11-12-26(27(18-24)35-5)38-30(3,4)29(31)32/h7,9-12,15-18H,8,13-14,19H2,1-6H3,(H,31,32). The van der Waals surface area contributed by atoms with E-state index in [-0.39, 0.29) is 5.75 Å². The molecule has 0 amide bonds. The van der Waals surface area contributed by atoms with Crippen molar-refractivity contribution in [3.8, 4) is 34.1 Å². The van der Waals surface area contributed by atoms with Gasteiger partial charge in [0, 0.05) is 12.3 Å². The van der Waals surface area contributed by atoms with Gasteiger partial charge in [-0.3, -0.25) is 0 Å². The van der Waals surface area contributed by atoms with Gasteiger partial charge < -0.3 is 24.1 Å². The molecule has 0 aliphatic carbocycles. The summed E-state index contributed by atoms with van der Waals surface area (Å²) in [5, 5.41) is 9.34. The molecule has 0 heterocycles. The Kier molecular flexibility index (Phi) is 9.50. The van der Waals surface area contributed by atoms with Crippen molar-refractivity contribution >= 4 is 15.8 Å². The van der Waals surface area contributed by atoms with Crippen LogP contribution in [0.2, 0.25) is 0 Å². The van der Waals surface area contributed by atoms with Crippen LogP contribution in [0.1, 0.15) is 37.0 Å². The van der Waals surface area contributed by atoms with Crippen molar-refractivity contribution in [2.75, 3.05) is 25.7 Å². The Labute approximate surface area is 230 Å². The summed E-state index contributed by atoms with van der Waals surface area (Å²) in [6.45, 7) is 7.65. The molecule has 0 spiro atoms. The Morgan fingerprint density at radius 2 is 1.62 bits per heavy atom. The largest absolute Gasteiger partial charge is 0.494 e. The topological polar surface area (TPSA) is 108 Å². The lowest BCUT2D eigenvalue weighted by Crippen LogP contribution is -2.37. The van der Waals surface area contributed by atoms with Crippen LogP contribution < -0.4 is 18.9 Å². The van der Waals surface area contributed by atoms with Gasteiger partial charge in [0.15, 0.2) is 17.1 Å². The third kappa shape index (κ3) is 8.38. The first-order valence-electron chi connectivity index (χ1n) is 12.5. The number of rotatable bonds is 13. The smallest absolute Gasteiger partial charge is 0.347 e. The molecular formula is C30H36O8S. The summed E-state index contributed by atoms with van der Waals surface area (Å²) in [5.41, 5.74) is 3.82. The van der Waals surface area contributed by atoms with Crippen molar-refractivity contribution < 1.29 is 37.3 Å². The summed E-state index contributed by atoms with van der Waals surface area (Å²) in [7, 11) is -1.52. The number of ether oxygens (including phenoxy) is 4. The van der Waals surface area contributed by atoms with Crippen LogP contribution in [-0.2, 0) is 21.2 Å². The van der Waals surface area contributed by atoms with Crippen LogP contribution in [0.15, 0.2) is 54.6 Å². The monoisotopic (exact) mass is 556 g/mol. The lowest BCUT2D eigenvalue weighted by atomic mass is 9.94. The molecule has 1 N–H and O–H groups in total. The lowest BCUT2D eigenvalue weighted by molar-refractivity contribution is -0.152. The van der Waals surface area contributed by atoms with Gasteiger partial charge in [-0.2, -0.15) is 0 Å². The summed E-state index contributed by atoms with van der Waals surface area (Å²) in [6.07, 6.45) is 1.67. The van der Waals surface area contributed by atoms with Gasteiger partial charge >= 0.3 is 5.97 Å². The second-order valence-corrected chi connectivity index (χ2v) is 12.2. The molecule has 3 rings (SSSR count). The minimum Gasteiger partial charge on any atom is -0.494 e. The van der Waals surface area contributed by atoms with Gasteiger partial charge in [0.05, 0.1) is 19.5 Å². The van der Waals surface area contributed by atoms with Gasteiger partial charge in [-0.15, -0.1) is 0 Å². The fraction of sp³-hybridized carbons (Fsp3) is 0.367. The van der Waals surface area contributed by atoms with Crippen LogP contribution in [0.25, 0.3) is 11.1 Å². The van der Waals surface area contributed by atoms with Crippen LogP contribution in [0.5, 0.6) is 23.0 Å². The van der Waals surface area contributed by atoms with Gasteiger partial charge in [-0.05, 0) is 92.3 Å². The first kappa shape index (κ1) is 29.8. The number of carboxylic acids is 1. The van der Waals surface area contributed by atoms with E-state index in [2.05, 4.69) is 6.07 Å². The minimum absolute atomic E-state index is 0.103. The SMILES string of the molecule is COc1cc(OCc2cccc(-c3c(C)cc(OCCCS(C)(=O)=O)cc3C)c2)ccc1OC(C)(C)C(=O)O. The van der Waals surface area contributed by atoms with Gasteiger partial charge in [-0.25, -0.2) is 13.2 Å². The number of methoxy groups -OCH3 is 1.